The zero-order chi connectivity index (χ0) is 11.4. The normalized spacial score (nSPS) is 21.5. The van der Waals surface area contributed by atoms with Crippen LogP contribution in [0.1, 0.15) is 36.4 Å². The second-order valence-corrected chi connectivity index (χ2v) is 5.48. The van der Waals surface area contributed by atoms with Gasteiger partial charge in [-0.2, -0.15) is 11.8 Å². The second-order valence-electron chi connectivity index (χ2n) is 4.49. The molecule has 0 saturated heterocycles. The zero-order valence-corrected chi connectivity index (χ0v) is 10.7. The van der Waals surface area contributed by atoms with Crippen LogP contribution in [0.3, 0.4) is 0 Å². The number of nitrogens with zero attached hydrogens (tertiary/aromatic N) is 1. The fourth-order valence-corrected chi connectivity index (χ4v) is 3.03. The van der Waals surface area contributed by atoms with Gasteiger partial charge in [-0.1, -0.05) is 6.07 Å². The maximum atomic E-state index is 6.30. The Morgan fingerprint density at radius 1 is 1.62 bits per heavy atom. The third-order valence-corrected chi connectivity index (χ3v) is 4.05. The summed E-state index contributed by atoms with van der Waals surface area (Å²) in [7, 11) is 0. The molecule has 2 N–H and O–H groups in total. The van der Waals surface area contributed by atoms with Crippen LogP contribution >= 0.6 is 11.8 Å². The Morgan fingerprint density at radius 3 is 3.31 bits per heavy atom. The van der Waals surface area contributed by atoms with Crippen molar-refractivity contribution in [3.05, 3.63) is 29.6 Å². The Labute approximate surface area is 102 Å². The number of hydrogen-bond donors (Lipinski definition) is 1. The summed E-state index contributed by atoms with van der Waals surface area (Å²) < 4.78 is 0. The zero-order valence-electron chi connectivity index (χ0n) is 9.86. The summed E-state index contributed by atoms with van der Waals surface area (Å²) in [6.45, 7) is 0. The minimum Gasteiger partial charge on any atom is -0.327 e. The van der Waals surface area contributed by atoms with Gasteiger partial charge in [0.1, 0.15) is 0 Å². The molecule has 1 aromatic heterocycles. The maximum Gasteiger partial charge on any atom is 0.0481 e. The van der Waals surface area contributed by atoms with Crippen molar-refractivity contribution in [2.75, 3.05) is 12.0 Å². The third kappa shape index (κ3) is 2.58. The number of pyridine rings is 1. The van der Waals surface area contributed by atoms with Crippen LogP contribution in [0.4, 0.5) is 0 Å². The van der Waals surface area contributed by atoms with Crippen LogP contribution in [0.5, 0.6) is 0 Å². The van der Waals surface area contributed by atoms with E-state index in [1.54, 1.807) is 0 Å². The first-order valence-corrected chi connectivity index (χ1v) is 7.40. The molecule has 88 valence electrons. The molecule has 0 aromatic carbocycles. The number of rotatable bonds is 4. The van der Waals surface area contributed by atoms with Gasteiger partial charge in [-0.15, -0.1) is 0 Å². The van der Waals surface area contributed by atoms with E-state index in [-0.39, 0.29) is 6.04 Å². The van der Waals surface area contributed by atoms with Gasteiger partial charge in [0.25, 0.3) is 0 Å². The Kier molecular flexibility index (Phi) is 4.24. The molecule has 2 rings (SSSR count). The van der Waals surface area contributed by atoms with Crippen molar-refractivity contribution in [1.82, 2.24) is 4.98 Å². The Bertz CT molecular complexity index is 340. The van der Waals surface area contributed by atoms with Gasteiger partial charge in [-0.05, 0) is 49.3 Å². The fourth-order valence-electron chi connectivity index (χ4n) is 2.52. The molecule has 1 aromatic rings. The van der Waals surface area contributed by atoms with Gasteiger partial charge < -0.3 is 5.73 Å². The van der Waals surface area contributed by atoms with E-state index in [1.165, 1.54) is 30.5 Å². The molecule has 0 radical (unpaired) electrons. The first-order chi connectivity index (χ1) is 7.83. The molecule has 1 aliphatic rings. The van der Waals surface area contributed by atoms with Gasteiger partial charge in [0.2, 0.25) is 0 Å². The van der Waals surface area contributed by atoms with Crippen molar-refractivity contribution in [1.29, 1.82) is 0 Å². The van der Waals surface area contributed by atoms with E-state index in [0.717, 1.165) is 12.2 Å². The quantitative estimate of drug-likeness (QED) is 0.873. The summed E-state index contributed by atoms with van der Waals surface area (Å²) >= 11 is 1.87. The van der Waals surface area contributed by atoms with E-state index < -0.39 is 0 Å². The summed E-state index contributed by atoms with van der Waals surface area (Å²) in [4.78, 5) is 4.54. The average molecular weight is 236 g/mol. The molecule has 0 aliphatic heterocycles. The van der Waals surface area contributed by atoms with Gasteiger partial charge in [-0.25, -0.2) is 0 Å². The smallest absolute Gasteiger partial charge is 0.0481 e. The lowest BCUT2D eigenvalue weighted by Gasteiger charge is -2.29. The number of aromatic nitrogens is 1. The molecule has 2 unspecified atom stereocenters. The molecular formula is C13H20N2S. The molecule has 0 amide bonds. The van der Waals surface area contributed by atoms with Gasteiger partial charge in [-0.3, -0.25) is 4.98 Å². The second kappa shape index (κ2) is 5.69. The largest absolute Gasteiger partial charge is 0.327 e. The first kappa shape index (κ1) is 11.9. The number of thioether (sulfide) groups is 1. The minimum atomic E-state index is 0.279. The fraction of sp³-hybridized carbons (Fsp3) is 0.615. The highest BCUT2D eigenvalue weighted by Gasteiger charge is 2.26. The molecule has 16 heavy (non-hydrogen) atoms. The molecule has 2 atom stereocenters. The Hall–Kier alpha value is -0.540. The molecule has 2 nitrogen and oxygen atoms in total. The van der Waals surface area contributed by atoms with Gasteiger partial charge in [0.05, 0.1) is 0 Å². The van der Waals surface area contributed by atoms with Crippen LogP contribution in [-0.4, -0.2) is 23.0 Å². The first-order valence-electron chi connectivity index (χ1n) is 6.01. The highest BCUT2D eigenvalue weighted by molar-refractivity contribution is 7.98. The van der Waals surface area contributed by atoms with Crippen molar-refractivity contribution in [2.45, 2.75) is 37.6 Å². The van der Waals surface area contributed by atoms with E-state index in [9.17, 15) is 0 Å². The van der Waals surface area contributed by atoms with Crippen LogP contribution in [0.25, 0.3) is 0 Å². The van der Waals surface area contributed by atoms with E-state index in [0.29, 0.717) is 5.92 Å². The van der Waals surface area contributed by atoms with Crippen molar-refractivity contribution in [2.24, 2.45) is 5.73 Å². The highest BCUT2D eigenvalue weighted by Crippen LogP contribution is 2.32. The predicted molar refractivity (Wildman–Crippen MR) is 70.9 cm³/mol. The Morgan fingerprint density at radius 2 is 2.50 bits per heavy atom. The van der Waals surface area contributed by atoms with Crippen molar-refractivity contribution in [3.8, 4) is 0 Å². The molecular weight excluding hydrogens is 216 g/mol. The van der Waals surface area contributed by atoms with E-state index in [4.69, 9.17) is 5.73 Å². The van der Waals surface area contributed by atoms with Crippen LogP contribution < -0.4 is 5.73 Å². The summed E-state index contributed by atoms with van der Waals surface area (Å²) in [6, 6.07) is 4.52. The van der Waals surface area contributed by atoms with Crippen LogP contribution in [0.2, 0.25) is 0 Å². The van der Waals surface area contributed by atoms with Crippen molar-refractivity contribution in [3.63, 3.8) is 0 Å². The lowest BCUT2D eigenvalue weighted by Crippen LogP contribution is -2.32. The standard InChI is InChI=1S/C13H20N2S/c1-16-9-7-12(14)11-6-2-4-10-5-3-8-15-13(10)11/h3,5,8,11-12H,2,4,6-7,9,14H2,1H3. The van der Waals surface area contributed by atoms with Gasteiger partial charge in [0, 0.05) is 23.9 Å². The van der Waals surface area contributed by atoms with Crippen LogP contribution in [0.15, 0.2) is 18.3 Å². The van der Waals surface area contributed by atoms with Crippen LogP contribution in [-0.2, 0) is 6.42 Å². The van der Waals surface area contributed by atoms with E-state index in [1.807, 2.05) is 24.0 Å². The minimum absolute atomic E-state index is 0.279. The predicted octanol–water partition coefficient (Wildman–Crippen LogP) is 2.58. The number of fused-ring (bicyclic) bond motifs is 1. The highest BCUT2D eigenvalue weighted by atomic mass is 32.2. The molecule has 1 aliphatic carbocycles. The third-order valence-electron chi connectivity index (χ3n) is 3.41. The molecule has 1 heterocycles. The lowest BCUT2D eigenvalue weighted by atomic mass is 9.81. The summed E-state index contributed by atoms with van der Waals surface area (Å²) in [5, 5.41) is 0. The molecule has 0 saturated carbocycles. The molecule has 0 fully saturated rings. The van der Waals surface area contributed by atoms with Gasteiger partial charge >= 0.3 is 0 Å². The number of aryl methyl sites for hydroxylation is 1. The molecule has 0 spiro atoms. The van der Waals surface area contributed by atoms with Crippen molar-refractivity contribution >= 4 is 11.8 Å². The Balaban J connectivity index is 2.12. The average Bonchev–Trinajstić information content (AvgIpc) is 2.35. The van der Waals surface area contributed by atoms with E-state index >= 15 is 0 Å². The number of hydrogen-bond acceptors (Lipinski definition) is 3. The summed E-state index contributed by atoms with van der Waals surface area (Å²) in [5.74, 6) is 1.64. The summed E-state index contributed by atoms with van der Waals surface area (Å²) in [6.07, 6.45) is 8.78. The lowest BCUT2D eigenvalue weighted by molar-refractivity contribution is 0.445. The summed E-state index contributed by atoms with van der Waals surface area (Å²) in [5.41, 5.74) is 8.98. The van der Waals surface area contributed by atoms with Gasteiger partial charge in [0.15, 0.2) is 0 Å². The maximum absolute atomic E-state index is 6.30. The van der Waals surface area contributed by atoms with E-state index in [2.05, 4.69) is 17.3 Å². The molecule has 3 heteroatoms. The van der Waals surface area contributed by atoms with Crippen molar-refractivity contribution < 1.29 is 0 Å². The van der Waals surface area contributed by atoms with Crippen LogP contribution in [0, 0.1) is 0 Å². The molecule has 0 bridgehead atoms. The topological polar surface area (TPSA) is 38.9 Å². The number of nitrogens with two attached hydrogens (primary N) is 1. The SMILES string of the molecule is CSCCC(N)C1CCCc2cccnc21. The monoisotopic (exact) mass is 236 g/mol.